The van der Waals surface area contributed by atoms with Crippen molar-refractivity contribution in [1.82, 2.24) is 24.9 Å². The number of carboxylic acids is 1. The lowest BCUT2D eigenvalue weighted by molar-refractivity contribution is -0.137. The van der Waals surface area contributed by atoms with Gasteiger partial charge in [0, 0.05) is 12.2 Å². The molecule has 0 bridgehead atoms. The van der Waals surface area contributed by atoms with Gasteiger partial charge in [-0.2, -0.15) is 10.1 Å². The predicted octanol–water partition coefficient (Wildman–Crippen LogP) is 0.662. The normalized spacial score (nSPS) is 12.6. The number of carbonyl (C=O) groups is 2. The van der Waals surface area contributed by atoms with Gasteiger partial charge in [-0.3, -0.25) is 9.59 Å². The number of carbonyl (C=O) groups excluding carboxylic acids is 1. The van der Waals surface area contributed by atoms with Gasteiger partial charge in [-0.25, -0.2) is 9.50 Å². The van der Waals surface area contributed by atoms with Crippen molar-refractivity contribution < 1.29 is 14.7 Å². The molecule has 1 unspecified atom stereocenters. The molecule has 8 nitrogen and oxygen atoms in total. The minimum atomic E-state index is -0.949. The first kappa shape index (κ1) is 14.9. The number of aryl methyl sites for hydroxylation is 1. The maximum Gasteiger partial charge on any atom is 0.305 e. The molecule has 0 aliphatic carbocycles. The summed E-state index contributed by atoms with van der Waals surface area (Å²) in [5.74, 6) is -0.892. The van der Waals surface area contributed by atoms with E-state index in [0.717, 1.165) is 0 Å². The fourth-order valence-corrected chi connectivity index (χ4v) is 2.00. The molecule has 1 amide bonds. The number of carboxylic acid groups (broad SMARTS) is 1. The van der Waals surface area contributed by atoms with Gasteiger partial charge in [-0.1, -0.05) is 13.8 Å². The van der Waals surface area contributed by atoms with Crippen LogP contribution in [0.1, 0.15) is 36.3 Å². The van der Waals surface area contributed by atoms with E-state index >= 15 is 0 Å². The van der Waals surface area contributed by atoms with E-state index in [-0.39, 0.29) is 18.2 Å². The zero-order valence-corrected chi connectivity index (χ0v) is 12.1. The average molecular weight is 291 g/mol. The van der Waals surface area contributed by atoms with Gasteiger partial charge >= 0.3 is 5.97 Å². The second-order valence-corrected chi connectivity index (χ2v) is 5.15. The van der Waals surface area contributed by atoms with E-state index in [1.54, 1.807) is 6.92 Å². The molecule has 0 saturated carbocycles. The number of aliphatic carboxylic acids is 1. The molecule has 21 heavy (non-hydrogen) atoms. The summed E-state index contributed by atoms with van der Waals surface area (Å²) in [5, 5.41) is 15.6. The lowest BCUT2D eigenvalue weighted by atomic mass is 10.0. The first-order valence-corrected chi connectivity index (χ1v) is 6.58. The number of hydrogen-bond donors (Lipinski definition) is 2. The molecule has 112 valence electrons. The second kappa shape index (κ2) is 5.86. The van der Waals surface area contributed by atoms with E-state index in [1.165, 1.54) is 17.0 Å². The standard InChI is InChI=1S/C13H17N5O3/c1-7(2)10(4-11(19)20)17-12(21)9-5-14-13-15-6-16-18(13)8(9)3/h5-7,10H,4H2,1-3H3,(H,17,21)(H,19,20). The zero-order chi connectivity index (χ0) is 15.6. The van der Waals surface area contributed by atoms with Crippen LogP contribution in [0.4, 0.5) is 0 Å². The topological polar surface area (TPSA) is 109 Å². The summed E-state index contributed by atoms with van der Waals surface area (Å²) in [4.78, 5) is 31.2. The van der Waals surface area contributed by atoms with Crippen LogP contribution < -0.4 is 5.32 Å². The van der Waals surface area contributed by atoms with Crippen molar-refractivity contribution in [2.75, 3.05) is 0 Å². The van der Waals surface area contributed by atoms with Crippen molar-refractivity contribution in [3.05, 3.63) is 23.8 Å². The Morgan fingerprint density at radius 2 is 2.10 bits per heavy atom. The van der Waals surface area contributed by atoms with E-state index in [2.05, 4.69) is 20.4 Å². The van der Waals surface area contributed by atoms with Crippen LogP contribution in [0.3, 0.4) is 0 Å². The molecular formula is C13H17N5O3. The number of amides is 1. The summed E-state index contributed by atoms with van der Waals surface area (Å²) in [6.45, 7) is 5.46. The molecule has 8 heteroatoms. The van der Waals surface area contributed by atoms with Crippen LogP contribution in [0.5, 0.6) is 0 Å². The number of fused-ring (bicyclic) bond motifs is 1. The largest absolute Gasteiger partial charge is 0.481 e. The Kier molecular flexibility index (Phi) is 4.15. The van der Waals surface area contributed by atoms with Crippen molar-refractivity contribution in [3.8, 4) is 0 Å². The Labute approximate surface area is 121 Å². The lowest BCUT2D eigenvalue weighted by Crippen LogP contribution is -2.40. The summed E-state index contributed by atoms with van der Waals surface area (Å²) >= 11 is 0. The number of nitrogens with zero attached hydrogens (tertiary/aromatic N) is 4. The number of nitrogens with one attached hydrogen (secondary N) is 1. The average Bonchev–Trinajstić information content (AvgIpc) is 2.86. The fraction of sp³-hybridized carbons (Fsp3) is 0.462. The van der Waals surface area contributed by atoms with Gasteiger partial charge < -0.3 is 10.4 Å². The lowest BCUT2D eigenvalue weighted by Gasteiger charge is -2.21. The molecular weight excluding hydrogens is 274 g/mol. The van der Waals surface area contributed by atoms with Crippen molar-refractivity contribution in [2.45, 2.75) is 33.2 Å². The highest BCUT2D eigenvalue weighted by molar-refractivity contribution is 5.95. The third kappa shape index (κ3) is 3.15. The first-order chi connectivity index (χ1) is 9.90. The molecule has 2 aromatic heterocycles. The first-order valence-electron chi connectivity index (χ1n) is 6.58. The molecule has 0 radical (unpaired) electrons. The molecule has 0 spiro atoms. The summed E-state index contributed by atoms with van der Waals surface area (Å²) in [6, 6.07) is -0.444. The van der Waals surface area contributed by atoms with E-state index in [0.29, 0.717) is 17.0 Å². The summed E-state index contributed by atoms with van der Waals surface area (Å²) < 4.78 is 1.47. The highest BCUT2D eigenvalue weighted by atomic mass is 16.4. The molecule has 0 aromatic carbocycles. The van der Waals surface area contributed by atoms with Crippen LogP contribution in [-0.4, -0.2) is 42.6 Å². The highest BCUT2D eigenvalue weighted by Gasteiger charge is 2.22. The van der Waals surface area contributed by atoms with Crippen molar-refractivity contribution in [1.29, 1.82) is 0 Å². The molecule has 2 aromatic rings. The number of hydrogen-bond acceptors (Lipinski definition) is 5. The van der Waals surface area contributed by atoms with Crippen LogP contribution in [0.15, 0.2) is 12.5 Å². The minimum absolute atomic E-state index is 0.00779. The van der Waals surface area contributed by atoms with Gasteiger partial charge in [0.05, 0.1) is 17.7 Å². The molecule has 2 rings (SSSR count). The minimum Gasteiger partial charge on any atom is -0.481 e. The molecule has 0 fully saturated rings. The monoisotopic (exact) mass is 291 g/mol. The Morgan fingerprint density at radius 1 is 1.38 bits per heavy atom. The zero-order valence-electron chi connectivity index (χ0n) is 12.1. The Balaban J connectivity index is 2.24. The molecule has 2 N–H and O–H groups in total. The van der Waals surface area contributed by atoms with Gasteiger partial charge in [0.25, 0.3) is 11.7 Å². The van der Waals surface area contributed by atoms with Crippen LogP contribution in [0.2, 0.25) is 0 Å². The van der Waals surface area contributed by atoms with Crippen LogP contribution in [0.25, 0.3) is 5.78 Å². The Bertz CT molecular complexity index is 679. The molecule has 1 atom stereocenters. The fourth-order valence-electron chi connectivity index (χ4n) is 2.00. The third-order valence-corrected chi connectivity index (χ3v) is 3.31. The smallest absolute Gasteiger partial charge is 0.305 e. The summed E-state index contributed by atoms with van der Waals surface area (Å²) in [6.07, 6.45) is 2.66. The van der Waals surface area contributed by atoms with Crippen LogP contribution in [0, 0.1) is 12.8 Å². The SMILES string of the molecule is Cc1c(C(=O)NC(CC(=O)O)C(C)C)cnc2ncnn12. The number of aromatic nitrogens is 4. The predicted molar refractivity (Wildman–Crippen MR) is 73.9 cm³/mol. The van der Waals surface area contributed by atoms with E-state index < -0.39 is 12.0 Å². The molecule has 0 aliphatic rings. The quantitative estimate of drug-likeness (QED) is 0.837. The van der Waals surface area contributed by atoms with Crippen LogP contribution in [-0.2, 0) is 4.79 Å². The van der Waals surface area contributed by atoms with Gasteiger partial charge in [0.15, 0.2) is 0 Å². The van der Waals surface area contributed by atoms with Gasteiger partial charge in [-0.15, -0.1) is 0 Å². The van der Waals surface area contributed by atoms with Crippen LogP contribution >= 0.6 is 0 Å². The van der Waals surface area contributed by atoms with E-state index in [1.807, 2.05) is 13.8 Å². The highest BCUT2D eigenvalue weighted by Crippen LogP contribution is 2.11. The molecule has 2 heterocycles. The Hall–Kier alpha value is -2.51. The van der Waals surface area contributed by atoms with Crippen molar-refractivity contribution in [2.24, 2.45) is 5.92 Å². The molecule has 0 saturated heterocycles. The number of rotatable bonds is 5. The maximum absolute atomic E-state index is 12.3. The van der Waals surface area contributed by atoms with E-state index in [9.17, 15) is 9.59 Å². The Morgan fingerprint density at radius 3 is 2.71 bits per heavy atom. The van der Waals surface area contributed by atoms with Crippen molar-refractivity contribution >= 4 is 17.7 Å². The molecule has 0 aliphatic heterocycles. The van der Waals surface area contributed by atoms with Gasteiger partial charge in [-0.05, 0) is 12.8 Å². The maximum atomic E-state index is 12.3. The van der Waals surface area contributed by atoms with Gasteiger partial charge in [0.1, 0.15) is 6.33 Å². The van der Waals surface area contributed by atoms with Crippen molar-refractivity contribution in [3.63, 3.8) is 0 Å². The van der Waals surface area contributed by atoms with Gasteiger partial charge in [0.2, 0.25) is 0 Å². The third-order valence-electron chi connectivity index (χ3n) is 3.31. The summed E-state index contributed by atoms with van der Waals surface area (Å²) in [5.41, 5.74) is 0.955. The van der Waals surface area contributed by atoms with E-state index in [4.69, 9.17) is 5.11 Å². The second-order valence-electron chi connectivity index (χ2n) is 5.15. The summed E-state index contributed by atoms with van der Waals surface area (Å²) in [7, 11) is 0.